The number of hydrogen-bond acceptors (Lipinski definition) is 1. The van der Waals surface area contributed by atoms with Gasteiger partial charge in [0.1, 0.15) is 0 Å². The van der Waals surface area contributed by atoms with Gasteiger partial charge in [-0.2, -0.15) is 0 Å². The Kier molecular flexibility index (Phi) is 7.42. The van der Waals surface area contributed by atoms with E-state index in [0.717, 1.165) is 17.1 Å². The molecular formula is C46H38N2. The first kappa shape index (κ1) is 29.5. The van der Waals surface area contributed by atoms with Crippen LogP contribution in [-0.2, 0) is 5.54 Å². The molecule has 2 heteroatoms. The predicted octanol–water partition coefficient (Wildman–Crippen LogP) is 13.0. The number of benzene rings is 7. The van der Waals surface area contributed by atoms with Crippen LogP contribution in [0.5, 0.6) is 0 Å². The van der Waals surface area contributed by atoms with Crippen LogP contribution < -0.4 is 4.90 Å². The highest BCUT2D eigenvalue weighted by atomic mass is 15.1. The summed E-state index contributed by atoms with van der Waals surface area (Å²) in [5.41, 5.74) is 13.2. The van der Waals surface area contributed by atoms with Crippen LogP contribution in [0.25, 0.3) is 55.2 Å². The number of aromatic nitrogens is 1. The van der Waals surface area contributed by atoms with Crippen LogP contribution in [0.15, 0.2) is 176 Å². The van der Waals surface area contributed by atoms with Crippen molar-refractivity contribution < 1.29 is 0 Å². The molecule has 0 fully saturated rings. The maximum atomic E-state index is 2.47. The molecule has 0 saturated carbocycles. The average Bonchev–Trinajstić information content (AvgIpc) is 3.48. The summed E-state index contributed by atoms with van der Waals surface area (Å²) in [6.45, 7) is 6.84. The van der Waals surface area contributed by atoms with Gasteiger partial charge in [-0.3, -0.25) is 0 Å². The van der Waals surface area contributed by atoms with Gasteiger partial charge in [0, 0.05) is 44.4 Å². The van der Waals surface area contributed by atoms with Gasteiger partial charge in [0.2, 0.25) is 0 Å². The molecule has 0 bridgehead atoms. The van der Waals surface area contributed by atoms with E-state index < -0.39 is 0 Å². The first-order chi connectivity index (χ1) is 23.4. The van der Waals surface area contributed by atoms with Crippen molar-refractivity contribution in [3.8, 4) is 33.4 Å². The largest absolute Gasteiger partial charge is 0.335 e. The lowest BCUT2D eigenvalue weighted by molar-refractivity contribution is 0.423. The Morgan fingerprint density at radius 1 is 0.354 bits per heavy atom. The first-order valence-electron chi connectivity index (χ1n) is 16.7. The Bertz CT molecular complexity index is 2340. The molecule has 2 nitrogen and oxygen atoms in total. The fourth-order valence-electron chi connectivity index (χ4n) is 7.01. The van der Waals surface area contributed by atoms with Crippen LogP contribution in [0, 0.1) is 0 Å². The van der Waals surface area contributed by atoms with Crippen LogP contribution in [-0.4, -0.2) is 4.57 Å². The van der Waals surface area contributed by atoms with Crippen molar-refractivity contribution in [2.75, 3.05) is 4.90 Å². The van der Waals surface area contributed by atoms with Gasteiger partial charge in [0.05, 0.1) is 0 Å². The monoisotopic (exact) mass is 618 g/mol. The van der Waals surface area contributed by atoms with Crippen LogP contribution in [0.4, 0.5) is 17.1 Å². The lowest BCUT2D eigenvalue weighted by atomic mass is 9.97. The van der Waals surface area contributed by atoms with E-state index in [0.29, 0.717) is 0 Å². The van der Waals surface area contributed by atoms with Crippen molar-refractivity contribution in [1.29, 1.82) is 0 Å². The highest BCUT2D eigenvalue weighted by Crippen LogP contribution is 2.39. The molecule has 48 heavy (non-hydrogen) atoms. The molecule has 0 saturated heterocycles. The first-order valence-corrected chi connectivity index (χ1v) is 16.7. The lowest BCUT2D eigenvalue weighted by Crippen LogP contribution is -2.21. The normalized spacial score (nSPS) is 11.6. The number of para-hydroxylation sites is 2. The number of fused-ring (bicyclic) bond motifs is 3. The van der Waals surface area contributed by atoms with E-state index in [-0.39, 0.29) is 5.54 Å². The van der Waals surface area contributed by atoms with Gasteiger partial charge in [0.15, 0.2) is 0 Å². The molecule has 1 aromatic heterocycles. The second kappa shape index (κ2) is 12.1. The molecule has 0 unspecified atom stereocenters. The Morgan fingerprint density at radius 2 is 0.792 bits per heavy atom. The average molecular weight is 619 g/mol. The van der Waals surface area contributed by atoms with Gasteiger partial charge in [-0.05, 0) is 115 Å². The number of rotatable bonds is 6. The van der Waals surface area contributed by atoms with Crippen molar-refractivity contribution in [2.45, 2.75) is 26.3 Å². The molecule has 0 aliphatic rings. The van der Waals surface area contributed by atoms with E-state index in [2.05, 4.69) is 206 Å². The summed E-state index contributed by atoms with van der Waals surface area (Å²) >= 11 is 0. The minimum Gasteiger partial charge on any atom is -0.335 e. The number of hydrogen-bond donors (Lipinski definition) is 0. The fraction of sp³-hybridized carbons (Fsp3) is 0.0870. The molecule has 0 radical (unpaired) electrons. The summed E-state index contributed by atoms with van der Waals surface area (Å²) < 4.78 is 2.47. The van der Waals surface area contributed by atoms with E-state index in [1.165, 1.54) is 55.2 Å². The van der Waals surface area contributed by atoms with Crippen molar-refractivity contribution >= 4 is 38.9 Å². The maximum Gasteiger partial charge on any atom is 0.0496 e. The molecule has 0 aliphatic heterocycles. The van der Waals surface area contributed by atoms with Crippen LogP contribution in [0.1, 0.15) is 20.8 Å². The van der Waals surface area contributed by atoms with Gasteiger partial charge in [-0.1, -0.05) is 115 Å². The molecule has 0 atom stereocenters. The zero-order valence-electron chi connectivity index (χ0n) is 27.6. The third-order valence-corrected chi connectivity index (χ3v) is 9.25. The van der Waals surface area contributed by atoms with E-state index >= 15 is 0 Å². The Labute approximate surface area is 283 Å². The molecule has 0 aliphatic carbocycles. The van der Waals surface area contributed by atoms with Crippen LogP contribution >= 0.6 is 0 Å². The molecule has 1 heterocycles. The summed E-state index contributed by atoms with van der Waals surface area (Å²) in [6.07, 6.45) is 0. The minimum absolute atomic E-state index is 0.0172. The standard InChI is InChI=1S/C46H38N2/c1-46(2,3)48-44-20-11-10-19-42(44)43-32-38(25-30-45(43)48)37-16-12-15-36(31-37)35-23-28-41(29-24-35)47(39-17-8-5-9-18-39)40-26-21-34(22-27-40)33-13-6-4-7-14-33/h4-32H,1-3H3. The maximum absolute atomic E-state index is 2.47. The zero-order chi connectivity index (χ0) is 32.7. The van der Waals surface area contributed by atoms with Crippen molar-refractivity contribution in [2.24, 2.45) is 0 Å². The molecule has 0 N–H and O–H groups in total. The summed E-state index contributed by atoms with van der Waals surface area (Å²) in [5.74, 6) is 0. The summed E-state index contributed by atoms with van der Waals surface area (Å²) in [5, 5.41) is 2.60. The Morgan fingerprint density at radius 3 is 1.44 bits per heavy atom. The van der Waals surface area contributed by atoms with Crippen molar-refractivity contribution in [1.82, 2.24) is 4.57 Å². The Balaban J connectivity index is 1.13. The van der Waals surface area contributed by atoms with E-state index in [1.54, 1.807) is 0 Å². The van der Waals surface area contributed by atoms with E-state index in [1.807, 2.05) is 0 Å². The third kappa shape index (κ3) is 5.46. The fourth-order valence-corrected chi connectivity index (χ4v) is 7.01. The molecule has 0 spiro atoms. The number of anilines is 3. The number of nitrogens with zero attached hydrogens (tertiary/aromatic N) is 2. The van der Waals surface area contributed by atoms with E-state index in [9.17, 15) is 0 Å². The minimum atomic E-state index is -0.0172. The predicted molar refractivity (Wildman–Crippen MR) is 205 cm³/mol. The smallest absolute Gasteiger partial charge is 0.0496 e. The second-order valence-corrected chi connectivity index (χ2v) is 13.5. The molecule has 8 rings (SSSR count). The summed E-state index contributed by atoms with van der Waals surface area (Å²) in [7, 11) is 0. The second-order valence-electron chi connectivity index (χ2n) is 13.5. The van der Waals surface area contributed by atoms with Gasteiger partial charge in [-0.25, -0.2) is 0 Å². The van der Waals surface area contributed by atoms with Gasteiger partial charge in [0.25, 0.3) is 0 Å². The Hall–Kier alpha value is -5.86. The lowest BCUT2D eigenvalue weighted by Gasteiger charge is -2.26. The van der Waals surface area contributed by atoms with Crippen LogP contribution in [0.3, 0.4) is 0 Å². The van der Waals surface area contributed by atoms with Gasteiger partial charge < -0.3 is 9.47 Å². The topological polar surface area (TPSA) is 8.17 Å². The summed E-state index contributed by atoms with van der Waals surface area (Å²) in [4.78, 5) is 2.32. The molecular weight excluding hydrogens is 581 g/mol. The van der Waals surface area contributed by atoms with Crippen molar-refractivity contribution in [3.05, 3.63) is 176 Å². The summed E-state index contributed by atoms with van der Waals surface area (Å²) in [6, 6.07) is 63.5. The highest BCUT2D eigenvalue weighted by molar-refractivity contribution is 6.09. The molecule has 8 aromatic rings. The van der Waals surface area contributed by atoms with Gasteiger partial charge in [-0.15, -0.1) is 0 Å². The van der Waals surface area contributed by atoms with Gasteiger partial charge >= 0.3 is 0 Å². The molecule has 232 valence electrons. The zero-order valence-corrected chi connectivity index (χ0v) is 27.6. The molecule has 0 amide bonds. The van der Waals surface area contributed by atoms with Crippen molar-refractivity contribution in [3.63, 3.8) is 0 Å². The SMILES string of the molecule is CC(C)(C)n1c2ccccc2c2cc(-c3cccc(-c4ccc(N(c5ccccc5)c5ccc(-c6ccccc6)cc5)cc4)c3)ccc21. The van der Waals surface area contributed by atoms with E-state index in [4.69, 9.17) is 0 Å². The quantitative estimate of drug-likeness (QED) is 0.180. The van der Waals surface area contributed by atoms with Crippen LogP contribution in [0.2, 0.25) is 0 Å². The third-order valence-electron chi connectivity index (χ3n) is 9.25. The molecule has 7 aromatic carbocycles. The highest BCUT2D eigenvalue weighted by Gasteiger charge is 2.20.